The standard InChI is InChI=1S/C24H22F3N5O3/c1-31(11-9-16-6-4-5-10-28-16)23(33)17-14-29-32-21(24(25,26)27)13-18(30-22(17)32)15-7-8-19(34-2)20(12-15)35-3/h4-8,10,12-14H,9,11H2,1-3H3. The molecule has 11 heteroatoms. The lowest BCUT2D eigenvalue weighted by atomic mass is 10.1. The van der Waals surface area contributed by atoms with Crippen molar-refractivity contribution in [1.82, 2.24) is 24.5 Å². The molecule has 35 heavy (non-hydrogen) atoms. The van der Waals surface area contributed by atoms with Gasteiger partial charge < -0.3 is 14.4 Å². The minimum Gasteiger partial charge on any atom is -0.493 e. The first kappa shape index (κ1) is 24.0. The minimum atomic E-state index is -4.73. The van der Waals surface area contributed by atoms with Gasteiger partial charge in [0.05, 0.1) is 26.1 Å². The van der Waals surface area contributed by atoms with Crippen LogP contribution in [0.15, 0.2) is 54.9 Å². The Hall–Kier alpha value is -4.15. The van der Waals surface area contributed by atoms with E-state index in [1.165, 1.54) is 25.2 Å². The molecule has 1 aromatic carbocycles. The summed E-state index contributed by atoms with van der Waals surface area (Å²) in [7, 11) is 4.45. The van der Waals surface area contributed by atoms with Gasteiger partial charge in [-0.15, -0.1) is 0 Å². The third-order valence-electron chi connectivity index (χ3n) is 5.45. The number of fused-ring (bicyclic) bond motifs is 1. The number of likely N-dealkylation sites (N-methyl/N-ethyl adjacent to an activating group) is 1. The van der Waals surface area contributed by atoms with Gasteiger partial charge in [0.2, 0.25) is 0 Å². The summed E-state index contributed by atoms with van der Waals surface area (Å²) >= 11 is 0. The van der Waals surface area contributed by atoms with Gasteiger partial charge in [-0.05, 0) is 36.4 Å². The zero-order chi connectivity index (χ0) is 25.2. The van der Waals surface area contributed by atoms with Gasteiger partial charge in [-0.1, -0.05) is 6.07 Å². The molecule has 0 aliphatic carbocycles. The fourth-order valence-corrected chi connectivity index (χ4v) is 3.59. The molecule has 0 unspecified atom stereocenters. The number of rotatable bonds is 7. The average Bonchev–Trinajstić information content (AvgIpc) is 3.29. The number of ether oxygens (including phenoxy) is 2. The van der Waals surface area contributed by atoms with Crippen molar-refractivity contribution in [2.24, 2.45) is 0 Å². The number of aromatic nitrogens is 4. The number of hydrogen-bond acceptors (Lipinski definition) is 6. The van der Waals surface area contributed by atoms with Gasteiger partial charge in [-0.2, -0.15) is 18.3 Å². The molecule has 0 bridgehead atoms. The summed E-state index contributed by atoms with van der Waals surface area (Å²) in [6.07, 6.45) is -1.49. The predicted molar refractivity (Wildman–Crippen MR) is 121 cm³/mol. The van der Waals surface area contributed by atoms with Gasteiger partial charge in [-0.25, -0.2) is 9.50 Å². The largest absolute Gasteiger partial charge is 0.493 e. The van der Waals surface area contributed by atoms with Crippen LogP contribution in [0.2, 0.25) is 0 Å². The number of pyridine rings is 1. The molecular formula is C24H22F3N5O3. The molecule has 3 aromatic heterocycles. The van der Waals surface area contributed by atoms with Crippen molar-refractivity contribution in [3.8, 4) is 22.8 Å². The molecule has 8 nitrogen and oxygen atoms in total. The van der Waals surface area contributed by atoms with Crippen molar-refractivity contribution < 1.29 is 27.4 Å². The summed E-state index contributed by atoms with van der Waals surface area (Å²) in [5.74, 6) is 0.253. The monoisotopic (exact) mass is 485 g/mol. The molecule has 0 aliphatic rings. The Morgan fingerprint density at radius 3 is 2.51 bits per heavy atom. The van der Waals surface area contributed by atoms with Crippen molar-refractivity contribution in [3.05, 3.63) is 71.8 Å². The zero-order valence-corrected chi connectivity index (χ0v) is 19.2. The molecule has 4 aromatic rings. The summed E-state index contributed by atoms with van der Waals surface area (Å²) < 4.78 is 52.9. The van der Waals surface area contributed by atoms with E-state index >= 15 is 0 Å². The first-order valence-corrected chi connectivity index (χ1v) is 10.6. The molecule has 0 N–H and O–H groups in total. The van der Waals surface area contributed by atoms with Crippen molar-refractivity contribution in [3.63, 3.8) is 0 Å². The molecule has 3 heterocycles. The maximum atomic E-state index is 13.9. The number of halogens is 3. The molecule has 0 aliphatic heterocycles. The fraction of sp³-hybridized carbons (Fsp3) is 0.250. The number of amides is 1. The van der Waals surface area contributed by atoms with E-state index in [4.69, 9.17) is 9.47 Å². The van der Waals surface area contributed by atoms with Crippen molar-refractivity contribution in [2.75, 3.05) is 27.8 Å². The molecule has 1 amide bonds. The van der Waals surface area contributed by atoms with E-state index in [-0.39, 0.29) is 16.9 Å². The van der Waals surface area contributed by atoms with Gasteiger partial charge in [0.15, 0.2) is 22.8 Å². The van der Waals surface area contributed by atoms with E-state index < -0.39 is 17.8 Å². The molecule has 0 saturated carbocycles. The molecular weight excluding hydrogens is 463 g/mol. The second-order valence-electron chi connectivity index (χ2n) is 7.69. The number of carbonyl (C=O) groups is 1. The van der Waals surface area contributed by atoms with Crippen molar-refractivity contribution >= 4 is 11.6 Å². The van der Waals surface area contributed by atoms with Crippen LogP contribution in [0.25, 0.3) is 16.9 Å². The quantitative estimate of drug-likeness (QED) is 0.391. The van der Waals surface area contributed by atoms with Crippen LogP contribution in [0.1, 0.15) is 21.7 Å². The lowest BCUT2D eigenvalue weighted by Gasteiger charge is -2.17. The van der Waals surface area contributed by atoms with Crippen molar-refractivity contribution in [1.29, 1.82) is 0 Å². The van der Waals surface area contributed by atoms with E-state index in [9.17, 15) is 18.0 Å². The second kappa shape index (κ2) is 9.61. The van der Waals surface area contributed by atoms with Gasteiger partial charge in [0.25, 0.3) is 5.91 Å². The molecule has 0 atom stereocenters. The lowest BCUT2D eigenvalue weighted by Crippen LogP contribution is -2.29. The molecule has 0 fully saturated rings. The SMILES string of the molecule is COc1ccc(-c2cc(C(F)(F)F)n3ncc(C(=O)N(C)CCc4ccccn4)c3n2)cc1OC. The Balaban J connectivity index is 1.75. The maximum absolute atomic E-state index is 13.9. The smallest absolute Gasteiger partial charge is 0.433 e. The molecule has 0 spiro atoms. The van der Waals surface area contributed by atoms with Crippen LogP contribution >= 0.6 is 0 Å². The predicted octanol–water partition coefficient (Wildman–Crippen LogP) is 4.14. The second-order valence-corrected chi connectivity index (χ2v) is 7.69. The lowest BCUT2D eigenvalue weighted by molar-refractivity contribution is -0.142. The Morgan fingerprint density at radius 1 is 1.09 bits per heavy atom. The first-order valence-electron chi connectivity index (χ1n) is 10.6. The summed E-state index contributed by atoms with van der Waals surface area (Å²) in [6.45, 7) is 0.314. The van der Waals surface area contributed by atoms with Crippen molar-refractivity contribution in [2.45, 2.75) is 12.6 Å². The third-order valence-corrected chi connectivity index (χ3v) is 5.45. The van der Waals surface area contributed by atoms with Crippen LogP contribution in [0, 0.1) is 0 Å². The van der Waals surface area contributed by atoms with Crippen LogP contribution in [0.3, 0.4) is 0 Å². The van der Waals surface area contributed by atoms with E-state index in [0.29, 0.717) is 34.5 Å². The highest BCUT2D eigenvalue weighted by atomic mass is 19.4. The van der Waals surface area contributed by atoms with Crippen LogP contribution < -0.4 is 9.47 Å². The topological polar surface area (TPSA) is 81.9 Å². The zero-order valence-electron chi connectivity index (χ0n) is 19.2. The normalized spacial score (nSPS) is 11.5. The Bertz CT molecular complexity index is 1360. The highest BCUT2D eigenvalue weighted by molar-refractivity contribution is 5.99. The highest BCUT2D eigenvalue weighted by Gasteiger charge is 2.36. The van der Waals surface area contributed by atoms with Gasteiger partial charge in [0.1, 0.15) is 5.56 Å². The maximum Gasteiger partial charge on any atom is 0.433 e. The number of benzene rings is 1. The molecule has 0 radical (unpaired) electrons. The van der Waals surface area contributed by atoms with Crippen LogP contribution in [0.5, 0.6) is 11.5 Å². The Morgan fingerprint density at radius 2 is 1.86 bits per heavy atom. The third kappa shape index (κ3) is 4.88. The van der Waals surface area contributed by atoms with Crippen LogP contribution in [-0.4, -0.2) is 58.2 Å². The number of carbonyl (C=O) groups excluding carboxylic acids is 1. The van der Waals surface area contributed by atoms with E-state index in [2.05, 4.69) is 15.1 Å². The first-order chi connectivity index (χ1) is 16.7. The van der Waals surface area contributed by atoms with Crippen LogP contribution in [-0.2, 0) is 12.6 Å². The van der Waals surface area contributed by atoms with E-state index in [1.54, 1.807) is 31.4 Å². The number of methoxy groups -OCH3 is 2. The fourth-order valence-electron chi connectivity index (χ4n) is 3.59. The number of nitrogens with zero attached hydrogens (tertiary/aromatic N) is 5. The number of hydrogen-bond donors (Lipinski definition) is 0. The van der Waals surface area contributed by atoms with Gasteiger partial charge in [0, 0.05) is 37.5 Å². The van der Waals surface area contributed by atoms with E-state index in [0.717, 1.165) is 18.0 Å². The minimum absolute atomic E-state index is 0.0106. The highest BCUT2D eigenvalue weighted by Crippen LogP contribution is 2.35. The molecule has 4 rings (SSSR count). The summed E-state index contributed by atoms with van der Waals surface area (Å²) in [5, 5.41) is 3.83. The molecule has 0 saturated heterocycles. The van der Waals surface area contributed by atoms with Gasteiger partial charge in [-0.3, -0.25) is 9.78 Å². The Labute approximate surface area is 198 Å². The summed E-state index contributed by atoms with van der Waals surface area (Å²) in [4.78, 5) is 23.1. The van der Waals surface area contributed by atoms with Gasteiger partial charge >= 0.3 is 6.18 Å². The Kier molecular flexibility index (Phi) is 6.59. The van der Waals surface area contributed by atoms with E-state index in [1.807, 2.05) is 12.1 Å². The summed E-state index contributed by atoms with van der Waals surface area (Å²) in [6, 6.07) is 11.0. The molecule has 182 valence electrons. The van der Waals surface area contributed by atoms with Crippen LogP contribution in [0.4, 0.5) is 13.2 Å². The summed E-state index contributed by atoms with van der Waals surface area (Å²) in [5.41, 5.74) is -0.126. The average molecular weight is 485 g/mol. The number of alkyl halides is 3.